The van der Waals surface area contributed by atoms with Crippen molar-refractivity contribution in [3.63, 3.8) is 0 Å². The second-order valence-corrected chi connectivity index (χ2v) is 5.93. The number of hydrogen-bond donors (Lipinski definition) is 0. The van der Waals surface area contributed by atoms with Crippen LogP contribution in [0.2, 0.25) is 0 Å². The van der Waals surface area contributed by atoms with E-state index in [1.54, 1.807) is 0 Å². The highest BCUT2D eigenvalue weighted by Crippen LogP contribution is 2.31. The van der Waals surface area contributed by atoms with Gasteiger partial charge in [0.15, 0.2) is 17.3 Å². The molecule has 1 aromatic heterocycles. The van der Waals surface area contributed by atoms with E-state index in [1.165, 1.54) is 0 Å². The van der Waals surface area contributed by atoms with Gasteiger partial charge in [0.05, 0.1) is 6.42 Å². The maximum atomic E-state index is 12.7. The van der Waals surface area contributed by atoms with Crippen LogP contribution in [0.3, 0.4) is 0 Å². The number of nitrogens with zero attached hydrogens (tertiary/aromatic N) is 2. The van der Waals surface area contributed by atoms with Gasteiger partial charge in [0.2, 0.25) is 5.89 Å². The van der Waals surface area contributed by atoms with Crippen LogP contribution in [-0.2, 0) is 6.42 Å². The Bertz CT molecular complexity index is 747. The van der Waals surface area contributed by atoms with Gasteiger partial charge < -0.3 is 13.9 Å². The third kappa shape index (κ3) is 4.22. The number of thioether (sulfide) groups is 1. The van der Waals surface area contributed by atoms with E-state index in [2.05, 4.69) is 10.2 Å². The topological polar surface area (TPSA) is 57.4 Å². The Labute approximate surface area is 139 Å². The summed E-state index contributed by atoms with van der Waals surface area (Å²) < 4.78 is 52.9. The van der Waals surface area contributed by atoms with E-state index >= 15 is 0 Å². The van der Waals surface area contributed by atoms with Gasteiger partial charge in [-0.05, 0) is 17.7 Å². The lowest BCUT2D eigenvalue weighted by atomic mass is 10.1. The predicted octanol–water partition coefficient (Wildman–Crippen LogP) is 3.99. The van der Waals surface area contributed by atoms with Crippen LogP contribution in [0.25, 0.3) is 0 Å². The molecular formula is C15H13F3N2O3S. The minimum absolute atomic E-state index is 0.0921. The van der Waals surface area contributed by atoms with Crippen molar-refractivity contribution in [1.29, 1.82) is 0 Å². The van der Waals surface area contributed by atoms with E-state index in [0.717, 1.165) is 17.3 Å². The minimum Gasteiger partial charge on any atom is -0.486 e. The zero-order chi connectivity index (χ0) is 16.9. The highest BCUT2D eigenvalue weighted by Gasteiger charge is 2.14. The van der Waals surface area contributed by atoms with E-state index in [4.69, 9.17) is 13.9 Å². The van der Waals surface area contributed by atoms with E-state index in [0.29, 0.717) is 37.0 Å². The monoisotopic (exact) mass is 358 g/mol. The lowest BCUT2D eigenvalue weighted by molar-refractivity contribution is 0.171. The molecule has 0 unspecified atom stereocenters. The third-order valence-electron chi connectivity index (χ3n) is 3.16. The fourth-order valence-corrected chi connectivity index (χ4v) is 2.77. The summed E-state index contributed by atoms with van der Waals surface area (Å²) in [6.07, 6.45) is -2.27. The summed E-state index contributed by atoms with van der Waals surface area (Å²) in [5.74, 6) is 0.417. The van der Waals surface area contributed by atoms with Crippen LogP contribution in [-0.4, -0.2) is 29.2 Å². The molecule has 0 spiro atoms. The van der Waals surface area contributed by atoms with Crippen molar-refractivity contribution in [2.45, 2.75) is 18.1 Å². The van der Waals surface area contributed by atoms with E-state index in [-0.39, 0.29) is 17.4 Å². The largest absolute Gasteiger partial charge is 0.486 e. The molecule has 0 aliphatic carbocycles. The second-order valence-electron chi connectivity index (χ2n) is 4.88. The number of ether oxygens (including phenoxy) is 2. The Morgan fingerprint density at radius 1 is 1.08 bits per heavy atom. The molecule has 2 heterocycles. The molecule has 0 bridgehead atoms. The van der Waals surface area contributed by atoms with Crippen LogP contribution in [0.1, 0.15) is 17.9 Å². The second kappa shape index (κ2) is 7.61. The number of benzene rings is 1. The molecule has 1 aromatic carbocycles. The maximum absolute atomic E-state index is 12.7. The number of halogens is 3. The molecule has 0 radical (unpaired) electrons. The average Bonchev–Trinajstić information content (AvgIpc) is 3.02. The Morgan fingerprint density at radius 3 is 2.67 bits per heavy atom. The molecule has 3 rings (SSSR count). The summed E-state index contributed by atoms with van der Waals surface area (Å²) in [5.41, 5.74) is 0.910. The number of allylic oxidation sites excluding steroid dienone is 1. The van der Waals surface area contributed by atoms with Crippen LogP contribution in [0, 0.1) is 0 Å². The van der Waals surface area contributed by atoms with Crippen LogP contribution in [0.15, 0.2) is 39.7 Å². The minimum atomic E-state index is -2.29. The van der Waals surface area contributed by atoms with Gasteiger partial charge in [-0.1, -0.05) is 17.8 Å². The summed E-state index contributed by atoms with van der Waals surface area (Å²) in [7, 11) is 0. The van der Waals surface area contributed by atoms with E-state index in [1.807, 2.05) is 18.2 Å². The Balaban J connectivity index is 1.57. The van der Waals surface area contributed by atoms with Gasteiger partial charge >= 0.3 is 6.08 Å². The highest BCUT2D eigenvalue weighted by atomic mass is 32.2. The molecule has 2 aromatic rings. The first kappa shape index (κ1) is 16.7. The summed E-state index contributed by atoms with van der Waals surface area (Å²) >= 11 is 1.03. The fourth-order valence-electron chi connectivity index (χ4n) is 2.06. The Hall–Kier alpha value is -2.16. The molecule has 1 aliphatic rings. The van der Waals surface area contributed by atoms with Crippen molar-refractivity contribution in [3.05, 3.63) is 41.6 Å². The standard InChI is InChI=1S/C15H13F3N2O3S/c16-10(14(17)18)3-6-24-15-20-19-13(23-15)8-9-1-2-11-12(7-9)22-5-4-21-11/h1-2,7H,3-6,8H2. The summed E-state index contributed by atoms with van der Waals surface area (Å²) in [4.78, 5) is 0. The zero-order valence-electron chi connectivity index (χ0n) is 12.4. The van der Waals surface area contributed by atoms with Gasteiger partial charge in [-0.3, -0.25) is 0 Å². The molecule has 0 N–H and O–H groups in total. The number of hydrogen-bond acceptors (Lipinski definition) is 6. The highest BCUT2D eigenvalue weighted by molar-refractivity contribution is 7.99. The smallest absolute Gasteiger partial charge is 0.301 e. The SMILES string of the molecule is FC(F)=C(F)CCSc1nnc(Cc2ccc3c(c2)OCCO3)o1. The number of rotatable bonds is 6. The molecular weight excluding hydrogens is 345 g/mol. The molecule has 24 heavy (non-hydrogen) atoms. The molecule has 0 fully saturated rings. The van der Waals surface area contributed by atoms with Crippen LogP contribution in [0.5, 0.6) is 11.5 Å². The fraction of sp³-hybridized carbons (Fsp3) is 0.333. The summed E-state index contributed by atoms with van der Waals surface area (Å²) in [6.45, 7) is 1.03. The molecule has 5 nitrogen and oxygen atoms in total. The summed E-state index contributed by atoms with van der Waals surface area (Å²) in [6, 6.07) is 5.53. The molecule has 0 saturated heterocycles. The Morgan fingerprint density at radius 2 is 1.88 bits per heavy atom. The van der Waals surface area contributed by atoms with Gasteiger partial charge in [-0.15, -0.1) is 10.2 Å². The predicted molar refractivity (Wildman–Crippen MR) is 80.2 cm³/mol. The van der Waals surface area contributed by atoms with Crippen molar-refractivity contribution in [2.24, 2.45) is 0 Å². The molecule has 0 atom stereocenters. The van der Waals surface area contributed by atoms with Crippen LogP contribution < -0.4 is 9.47 Å². The van der Waals surface area contributed by atoms with Gasteiger partial charge in [0, 0.05) is 12.2 Å². The van der Waals surface area contributed by atoms with Gasteiger partial charge in [-0.2, -0.15) is 8.78 Å². The normalized spacial score (nSPS) is 13.0. The van der Waals surface area contributed by atoms with Gasteiger partial charge in [0.25, 0.3) is 5.22 Å². The van der Waals surface area contributed by atoms with Crippen molar-refractivity contribution in [2.75, 3.05) is 19.0 Å². The maximum Gasteiger partial charge on any atom is 0.301 e. The van der Waals surface area contributed by atoms with Crippen molar-refractivity contribution >= 4 is 11.8 Å². The average molecular weight is 358 g/mol. The van der Waals surface area contributed by atoms with Crippen LogP contribution in [0.4, 0.5) is 13.2 Å². The zero-order valence-corrected chi connectivity index (χ0v) is 13.2. The van der Waals surface area contributed by atoms with E-state index in [9.17, 15) is 13.2 Å². The first-order valence-corrected chi connectivity index (χ1v) is 8.14. The molecule has 0 saturated carbocycles. The molecule has 0 amide bonds. The van der Waals surface area contributed by atoms with Crippen molar-refractivity contribution in [3.8, 4) is 11.5 Å². The molecule has 128 valence electrons. The lowest BCUT2D eigenvalue weighted by Gasteiger charge is -2.18. The molecule has 1 aliphatic heterocycles. The lowest BCUT2D eigenvalue weighted by Crippen LogP contribution is -2.15. The van der Waals surface area contributed by atoms with Crippen LogP contribution >= 0.6 is 11.8 Å². The van der Waals surface area contributed by atoms with Gasteiger partial charge in [0.1, 0.15) is 13.2 Å². The summed E-state index contributed by atoms with van der Waals surface area (Å²) in [5, 5.41) is 7.92. The number of fused-ring (bicyclic) bond motifs is 1. The van der Waals surface area contributed by atoms with Gasteiger partial charge in [-0.25, -0.2) is 4.39 Å². The number of aromatic nitrogens is 2. The Kier molecular flexibility index (Phi) is 5.29. The van der Waals surface area contributed by atoms with E-state index < -0.39 is 11.9 Å². The molecule has 9 heteroatoms. The first-order chi connectivity index (χ1) is 11.6. The first-order valence-electron chi connectivity index (χ1n) is 7.15. The third-order valence-corrected chi connectivity index (χ3v) is 3.98. The van der Waals surface area contributed by atoms with Crippen molar-refractivity contribution < 1.29 is 27.1 Å². The quantitative estimate of drug-likeness (QED) is 0.728. The van der Waals surface area contributed by atoms with Crippen molar-refractivity contribution in [1.82, 2.24) is 10.2 Å².